The van der Waals surface area contributed by atoms with Crippen LogP contribution in [0.1, 0.15) is 24.3 Å². The molecule has 0 spiro atoms. The first kappa shape index (κ1) is 11.6. The number of nitrogens with zero attached hydrogens (tertiary/aromatic N) is 1. The summed E-state index contributed by atoms with van der Waals surface area (Å²) in [6, 6.07) is 1.63. The average molecular weight is 211 g/mol. The van der Waals surface area contributed by atoms with Crippen molar-refractivity contribution in [2.24, 2.45) is 0 Å². The lowest BCUT2D eigenvalue weighted by Gasteiger charge is -2.08. The third-order valence-corrected chi connectivity index (χ3v) is 2.05. The number of carbonyl (C=O) groups is 1. The summed E-state index contributed by atoms with van der Waals surface area (Å²) in [5.74, 6) is -0.213. The average Bonchev–Trinajstić information content (AvgIpc) is 2.56. The number of aromatic nitrogens is 1. The third-order valence-electron chi connectivity index (χ3n) is 2.05. The minimum absolute atomic E-state index is 0.213. The van der Waals surface area contributed by atoms with E-state index >= 15 is 0 Å². The maximum Gasteiger partial charge on any atom is 0.268 e. The third kappa shape index (κ3) is 2.99. The number of nitrogens with one attached hydrogen (secondary N) is 1. The van der Waals surface area contributed by atoms with Crippen LogP contribution in [0.25, 0.3) is 0 Å². The Hall–Kier alpha value is -1.49. The molecule has 1 amide bonds. The SMILES string of the molecule is CCn1cc(N)cc1C(=O)NC[C@H](C)O. The number of aliphatic hydroxyl groups excluding tert-OH is 1. The summed E-state index contributed by atoms with van der Waals surface area (Å²) in [6.07, 6.45) is 1.17. The molecular weight excluding hydrogens is 194 g/mol. The highest BCUT2D eigenvalue weighted by atomic mass is 16.3. The van der Waals surface area contributed by atoms with E-state index in [1.165, 1.54) is 0 Å². The van der Waals surface area contributed by atoms with Gasteiger partial charge in [0, 0.05) is 19.3 Å². The highest BCUT2D eigenvalue weighted by Gasteiger charge is 2.11. The van der Waals surface area contributed by atoms with E-state index < -0.39 is 6.10 Å². The Balaban J connectivity index is 2.72. The molecule has 1 atom stereocenters. The number of rotatable bonds is 4. The molecule has 0 radical (unpaired) electrons. The number of amides is 1. The van der Waals surface area contributed by atoms with E-state index in [9.17, 15) is 4.79 Å². The summed E-state index contributed by atoms with van der Waals surface area (Å²) in [4.78, 5) is 11.6. The van der Waals surface area contributed by atoms with Crippen LogP contribution in [0.2, 0.25) is 0 Å². The van der Waals surface area contributed by atoms with Crippen LogP contribution in [-0.2, 0) is 6.54 Å². The second kappa shape index (κ2) is 4.84. The molecule has 5 heteroatoms. The Morgan fingerprint density at radius 3 is 2.93 bits per heavy atom. The molecule has 15 heavy (non-hydrogen) atoms. The Morgan fingerprint density at radius 1 is 1.73 bits per heavy atom. The maximum atomic E-state index is 11.6. The molecule has 1 aromatic heterocycles. The molecule has 0 aromatic carbocycles. The van der Waals surface area contributed by atoms with Crippen LogP contribution in [0.15, 0.2) is 12.3 Å². The van der Waals surface area contributed by atoms with Crippen molar-refractivity contribution in [2.45, 2.75) is 26.5 Å². The zero-order chi connectivity index (χ0) is 11.4. The highest BCUT2D eigenvalue weighted by Crippen LogP contribution is 2.10. The molecule has 0 saturated carbocycles. The van der Waals surface area contributed by atoms with Crippen molar-refractivity contribution >= 4 is 11.6 Å². The van der Waals surface area contributed by atoms with Gasteiger partial charge in [-0.3, -0.25) is 4.79 Å². The van der Waals surface area contributed by atoms with E-state index in [-0.39, 0.29) is 12.5 Å². The van der Waals surface area contributed by atoms with Crippen molar-refractivity contribution < 1.29 is 9.90 Å². The smallest absolute Gasteiger partial charge is 0.268 e. The predicted molar refractivity (Wildman–Crippen MR) is 58.5 cm³/mol. The Bertz CT molecular complexity index is 344. The zero-order valence-electron chi connectivity index (χ0n) is 9.03. The number of anilines is 1. The number of hydrogen-bond donors (Lipinski definition) is 3. The van der Waals surface area contributed by atoms with Gasteiger partial charge in [0.1, 0.15) is 5.69 Å². The van der Waals surface area contributed by atoms with Crippen LogP contribution in [0, 0.1) is 0 Å². The van der Waals surface area contributed by atoms with Crippen molar-refractivity contribution in [3.05, 3.63) is 18.0 Å². The normalized spacial score (nSPS) is 12.5. The molecule has 0 aliphatic rings. The minimum atomic E-state index is -0.545. The second-order valence-corrected chi connectivity index (χ2v) is 3.50. The maximum absolute atomic E-state index is 11.6. The van der Waals surface area contributed by atoms with Gasteiger partial charge < -0.3 is 20.7 Å². The molecule has 0 bridgehead atoms. The van der Waals surface area contributed by atoms with Gasteiger partial charge in [-0.15, -0.1) is 0 Å². The molecule has 84 valence electrons. The lowest BCUT2D eigenvalue weighted by molar-refractivity contribution is 0.0915. The lowest BCUT2D eigenvalue weighted by atomic mass is 10.3. The van der Waals surface area contributed by atoms with E-state index in [1.54, 1.807) is 23.8 Å². The Labute approximate surface area is 88.9 Å². The fraction of sp³-hybridized carbons (Fsp3) is 0.500. The number of carbonyl (C=O) groups excluding carboxylic acids is 1. The van der Waals surface area contributed by atoms with Crippen LogP contribution in [0.4, 0.5) is 5.69 Å². The Morgan fingerprint density at radius 2 is 2.40 bits per heavy atom. The zero-order valence-corrected chi connectivity index (χ0v) is 9.03. The molecule has 0 fully saturated rings. The van der Waals surface area contributed by atoms with Gasteiger partial charge in [0.15, 0.2) is 0 Å². The molecular formula is C10H17N3O2. The van der Waals surface area contributed by atoms with Gasteiger partial charge in [-0.2, -0.15) is 0 Å². The molecule has 5 nitrogen and oxygen atoms in total. The summed E-state index contributed by atoms with van der Waals surface area (Å²) in [7, 11) is 0. The molecule has 4 N–H and O–H groups in total. The van der Waals surface area contributed by atoms with Gasteiger partial charge in [0.05, 0.1) is 11.8 Å². The van der Waals surface area contributed by atoms with Crippen molar-refractivity contribution in [1.82, 2.24) is 9.88 Å². The van der Waals surface area contributed by atoms with Crippen LogP contribution in [-0.4, -0.2) is 28.2 Å². The summed E-state index contributed by atoms with van der Waals surface area (Å²) in [6.45, 7) is 4.49. The standard InChI is InChI=1S/C10H17N3O2/c1-3-13-6-8(11)4-9(13)10(15)12-5-7(2)14/h4,6-7,14H,3,5,11H2,1-2H3,(H,12,15)/t7-/m0/s1. The molecule has 1 heterocycles. The highest BCUT2D eigenvalue weighted by molar-refractivity contribution is 5.93. The van der Waals surface area contributed by atoms with Crippen molar-refractivity contribution in [2.75, 3.05) is 12.3 Å². The molecule has 0 aliphatic carbocycles. The van der Waals surface area contributed by atoms with Gasteiger partial charge in [-0.05, 0) is 19.9 Å². The molecule has 0 aliphatic heterocycles. The summed E-state index contributed by atoms with van der Waals surface area (Å²) >= 11 is 0. The van der Waals surface area contributed by atoms with Gasteiger partial charge >= 0.3 is 0 Å². The predicted octanol–water partition coefficient (Wildman–Crippen LogP) is 0.201. The first-order valence-corrected chi connectivity index (χ1v) is 4.96. The van der Waals surface area contributed by atoms with Crippen molar-refractivity contribution in [3.8, 4) is 0 Å². The van der Waals surface area contributed by atoms with E-state index in [0.717, 1.165) is 0 Å². The fourth-order valence-corrected chi connectivity index (χ4v) is 1.32. The number of nitrogen functional groups attached to an aromatic ring is 1. The fourth-order valence-electron chi connectivity index (χ4n) is 1.32. The van der Waals surface area contributed by atoms with Gasteiger partial charge in [0.25, 0.3) is 5.91 Å². The molecule has 0 unspecified atom stereocenters. The summed E-state index contributed by atoms with van der Waals surface area (Å²) < 4.78 is 1.77. The van der Waals surface area contributed by atoms with Gasteiger partial charge in [-0.25, -0.2) is 0 Å². The second-order valence-electron chi connectivity index (χ2n) is 3.50. The van der Waals surface area contributed by atoms with Gasteiger partial charge in [-0.1, -0.05) is 0 Å². The molecule has 1 rings (SSSR count). The molecule has 0 saturated heterocycles. The van der Waals surface area contributed by atoms with Crippen LogP contribution >= 0.6 is 0 Å². The van der Waals surface area contributed by atoms with Crippen molar-refractivity contribution in [3.63, 3.8) is 0 Å². The first-order chi connectivity index (χ1) is 7.04. The summed E-state index contributed by atoms with van der Waals surface area (Å²) in [5.41, 5.74) is 6.69. The van der Waals surface area contributed by atoms with Gasteiger partial charge in [0.2, 0.25) is 0 Å². The minimum Gasteiger partial charge on any atom is -0.397 e. The monoisotopic (exact) mass is 211 g/mol. The van der Waals surface area contributed by atoms with E-state index in [4.69, 9.17) is 10.8 Å². The first-order valence-electron chi connectivity index (χ1n) is 4.96. The van der Waals surface area contributed by atoms with Crippen LogP contribution in [0.5, 0.6) is 0 Å². The van der Waals surface area contributed by atoms with E-state index in [1.807, 2.05) is 6.92 Å². The quantitative estimate of drug-likeness (QED) is 0.665. The summed E-state index contributed by atoms with van der Waals surface area (Å²) in [5, 5.41) is 11.7. The molecule has 1 aromatic rings. The van der Waals surface area contributed by atoms with E-state index in [2.05, 4.69) is 5.32 Å². The Kier molecular flexibility index (Phi) is 3.74. The topological polar surface area (TPSA) is 80.3 Å². The lowest BCUT2D eigenvalue weighted by Crippen LogP contribution is -2.31. The number of hydrogen-bond acceptors (Lipinski definition) is 3. The van der Waals surface area contributed by atoms with E-state index in [0.29, 0.717) is 17.9 Å². The number of aryl methyl sites for hydroxylation is 1. The number of nitrogens with two attached hydrogens (primary N) is 1. The van der Waals surface area contributed by atoms with Crippen molar-refractivity contribution in [1.29, 1.82) is 0 Å². The van der Waals surface area contributed by atoms with Crippen LogP contribution in [0.3, 0.4) is 0 Å². The largest absolute Gasteiger partial charge is 0.397 e. The van der Waals surface area contributed by atoms with Crippen LogP contribution < -0.4 is 11.1 Å². The number of aliphatic hydroxyl groups is 1.